The van der Waals surface area contributed by atoms with Gasteiger partial charge in [0.2, 0.25) is 0 Å². The number of hydrogen-bond donors (Lipinski definition) is 0. The molecule has 0 saturated heterocycles. The summed E-state index contributed by atoms with van der Waals surface area (Å²) in [6.07, 6.45) is 1.87. The zero-order valence-electron chi connectivity index (χ0n) is 32.4. The maximum atomic E-state index is 6.68. The van der Waals surface area contributed by atoms with Crippen LogP contribution >= 0.6 is 0 Å². The maximum absolute atomic E-state index is 6.68. The zero-order chi connectivity index (χ0) is 39.1. The van der Waals surface area contributed by atoms with Crippen LogP contribution in [0.5, 0.6) is 0 Å². The van der Waals surface area contributed by atoms with Crippen molar-refractivity contribution in [2.45, 2.75) is 5.41 Å². The summed E-state index contributed by atoms with van der Waals surface area (Å²) in [5, 5.41) is 10.9. The van der Waals surface area contributed by atoms with Crippen molar-refractivity contribution < 1.29 is 4.42 Å². The largest absolute Gasteiger partial charge is 0.456 e. The van der Waals surface area contributed by atoms with Crippen molar-refractivity contribution in [3.63, 3.8) is 0 Å². The van der Waals surface area contributed by atoms with E-state index < -0.39 is 5.41 Å². The van der Waals surface area contributed by atoms with Gasteiger partial charge < -0.3 is 4.42 Å². The molecule has 60 heavy (non-hydrogen) atoms. The van der Waals surface area contributed by atoms with Gasteiger partial charge in [0.15, 0.2) is 0 Å². The van der Waals surface area contributed by atoms with Gasteiger partial charge in [0, 0.05) is 22.4 Å². The van der Waals surface area contributed by atoms with Gasteiger partial charge >= 0.3 is 0 Å². The number of nitrogens with zero attached hydrogens (tertiary/aromatic N) is 1. The van der Waals surface area contributed by atoms with E-state index in [9.17, 15) is 0 Å². The molecule has 2 aliphatic carbocycles. The molecule has 276 valence electrons. The molecule has 14 rings (SSSR count). The van der Waals surface area contributed by atoms with Crippen LogP contribution in [0.15, 0.2) is 205 Å². The number of benzene rings is 10. The summed E-state index contributed by atoms with van der Waals surface area (Å²) in [5.74, 6) is 0. The third-order valence-electron chi connectivity index (χ3n) is 13.7. The van der Waals surface area contributed by atoms with E-state index in [1.165, 1.54) is 99.1 Å². The van der Waals surface area contributed by atoms with Gasteiger partial charge in [-0.15, -0.1) is 0 Å². The second-order valence-corrected chi connectivity index (χ2v) is 16.5. The van der Waals surface area contributed by atoms with Crippen LogP contribution < -0.4 is 0 Å². The molecular weight excluding hydrogens is 727 g/mol. The van der Waals surface area contributed by atoms with Crippen LogP contribution in [-0.2, 0) is 5.41 Å². The van der Waals surface area contributed by atoms with E-state index in [0.717, 1.165) is 32.8 Å². The lowest BCUT2D eigenvalue weighted by molar-refractivity contribution is 0.669. The van der Waals surface area contributed by atoms with E-state index in [0.29, 0.717) is 0 Å². The molecule has 0 bridgehead atoms. The lowest BCUT2D eigenvalue weighted by atomic mass is 9.70. The minimum atomic E-state index is -0.537. The van der Waals surface area contributed by atoms with Crippen molar-refractivity contribution in [2.24, 2.45) is 0 Å². The molecule has 1 spiro atoms. The van der Waals surface area contributed by atoms with E-state index in [4.69, 9.17) is 9.40 Å². The van der Waals surface area contributed by atoms with Crippen LogP contribution in [0.2, 0.25) is 0 Å². The van der Waals surface area contributed by atoms with Crippen LogP contribution in [0, 0.1) is 0 Å². The number of rotatable bonds is 2. The lowest BCUT2D eigenvalue weighted by Crippen LogP contribution is -2.25. The van der Waals surface area contributed by atoms with Gasteiger partial charge in [-0.05, 0) is 142 Å². The van der Waals surface area contributed by atoms with Gasteiger partial charge in [-0.25, -0.2) is 0 Å². The fourth-order valence-electron chi connectivity index (χ4n) is 11.3. The van der Waals surface area contributed by atoms with E-state index in [2.05, 4.69) is 188 Å². The van der Waals surface area contributed by atoms with Gasteiger partial charge in [-0.3, -0.25) is 4.98 Å². The molecule has 10 aromatic carbocycles. The summed E-state index contributed by atoms with van der Waals surface area (Å²) in [7, 11) is 0. The van der Waals surface area contributed by atoms with Crippen LogP contribution in [0.25, 0.3) is 110 Å². The van der Waals surface area contributed by atoms with E-state index >= 15 is 0 Å². The topological polar surface area (TPSA) is 26.0 Å². The van der Waals surface area contributed by atoms with Crippen molar-refractivity contribution in [1.82, 2.24) is 4.98 Å². The molecule has 0 amide bonds. The van der Waals surface area contributed by atoms with Gasteiger partial charge in [-0.1, -0.05) is 152 Å². The van der Waals surface area contributed by atoms with Gasteiger partial charge in [-0.2, -0.15) is 0 Å². The number of furan rings is 1. The monoisotopic (exact) mass is 759 g/mol. The first-order valence-corrected chi connectivity index (χ1v) is 20.8. The standard InChI is InChI=1S/C58H33NO/c1-2-13-35-30-36(24-23-34(35)12-1)55-41-16-3-5-18-43(41)56(44-19-6-4-17-42(44)55)37-25-26-40-38-14-7-9-21-48(38)58(50(40)31-37)49-22-10-8-15-39(49)46-33-54-47(32-51(46)58)57-45-20-11-29-59-52(45)27-28-53(57)60-54/h1-33H. The zero-order valence-corrected chi connectivity index (χ0v) is 32.4. The first-order chi connectivity index (χ1) is 29.8. The Morgan fingerprint density at radius 1 is 0.350 bits per heavy atom. The molecule has 1 unspecified atom stereocenters. The highest BCUT2D eigenvalue weighted by Crippen LogP contribution is 2.64. The molecule has 2 aromatic heterocycles. The second kappa shape index (κ2) is 11.7. The van der Waals surface area contributed by atoms with Crippen LogP contribution in [0.4, 0.5) is 0 Å². The fourth-order valence-corrected chi connectivity index (χ4v) is 11.3. The third kappa shape index (κ3) is 4.05. The van der Waals surface area contributed by atoms with E-state index in [1.54, 1.807) is 0 Å². The molecule has 2 heterocycles. The molecule has 2 aliphatic rings. The normalized spacial score (nSPS) is 15.1. The number of pyridine rings is 1. The molecule has 1 atom stereocenters. The average Bonchev–Trinajstić information content (AvgIpc) is 3.93. The second-order valence-electron chi connectivity index (χ2n) is 16.5. The van der Waals surface area contributed by atoms with Crippen molar-refractivity contribution >= 4 is 65.2 Å². The molecule has 2 nitrogen and oxygen atoms in total. The van der Waals surface area contributed by atoms with Crippen molar-refractivity contribution in [3.8, 4) is 44.5 Å². The van der Waals surface area contributed by atoms with Gasteiger partial charge in [0.25, 0.3) is 0 Å². The predicted molar refractivity (Wildman–Crippen MR) is 249 cm³/mol. The minimum absolute atomic E-state index is 0.537. The van der Waals surface area contributed by atoms with Crippen LogP contribution in [0.3, 0.4) is 0 Å². The Hall–Kier alpha value is -7.81. The molecule has 0 N–H and O–H groups in total. The highest BCUT2D eigenvalue weighted by Gasteiger charge is 2.52. The summed E-state index contributed by atoms with van der Waals surface area (Å²) in [6, 6.07) is 72.1. The molecule has 0 radical (unpaired) electrons. The molecule has 0 saturated carbocycles. The Labute approximate surface area is 345 Å². The Balaban J connectivity index is 1.08. The van der Waals surface area contributed by atoms with Crippen molar-refractivity contribution in [3.05, 3.63) is 223 Å². The number of hydrogen-bond acceptors (Lipinski definition) is 2. The highest BCUT2D eigenvalue weighted by molar-refractivity contribution is 6.22. The summed E-state index contributed by atoms with van der Waals surface area (Å²) in [6.45, 7) is 0. The number of fused-ring (bicyclic) bond motifs is 18. The van der Waals surface area contributed by atoms with Crippen molar-refractivity contribution in [1.29, 1.82) is 0 Å². The summed E-state index contributed by atoms with van der Waals surface area (Å²) < 4.78 is 6.68. The molecular formula is C58H33NO. The quantitative estimate of drug-likeness (QED) is 0.164. The predicted octanol–water partition coefficient (Wildman–Crippen LogP) is 15.3. The van der Waals surface area contributed by atoms with E-state index in [1.807, 2.05) is 12.3 Å². The van der Waals surface area contributed by atoms with Crippen LogP contribution in [0.1, 0.15) is 22.3 Å². The summed E-state index contributed by atoms with van der Waals surface area (Å²) in [4.78, 5) is 4.73. The molecule has 12 aromatic rings. The lowest BCUT2D eigenvalue weighted by Gasteiger charge is -2.31. The SMILES string of the molecule is c1ccc2c(c1)-c1ccc(-c3c4ccccc4c(-c4ccc5ccccc5c4)c4ccccc34)cc1C21c2ccccc2-c2cc3oc4ccc5ncccc5c4c3cc21. The Morgan fingerprint density at radius 3 is 1.65 bits per heavy atom. The first kappa shape index (κ1) is 32.2. The smallest absolute Gasteiger partial charge is 0.136 e. The van der Waals surface area contributed by atoms with Gasteiger partial charge in [0.1, 0.15) is 11.2 Å². The summed E-state index contributed by atoms with van der Waals surface area (Å²) in [5.41, 5.74) is 17.5. The molecule has 2 heteroatoms. The Kier molecular flexibility index (Phi) is 6.25. The maximum Gasteiger partial charge on any atom is 0.136 e. The minimum Gasteiger partial charge on any atom is -0.456 e. The van der Waals surface area contributed by atoms with Crippen LogP contribution in [-0.4, -0.2) is 4.98 Å². The summed E-state index contributed by atoms with van der Waals surface area (Å²) >= 11 is 0. The third-order valence-corrected chi connectivity index (χ3v) is 13.7. The molecule has 0 fully saturated rings. The Morgan fingerprint density at radius 2 is 0.917 bits per heavy atom. The van der Waals surface area contributed by atoms with E-state index in [-0.39, 0.29) is 0 Å². The fraction of sp³-hybridized carbons (Fsp3) is 0.0172. The number of aromatic nitrogens is 1. The Bertz CT molecular complexity index is 3790. The molecule has 0 aliphatic heterocycles. The average molecular weight is 760 g/mol. The van der Waals surface area contributed by atoms with Gasteiger partial charge in [0.05, 0.1) is 10.9 Å². The first-order valence-electron chi connectivity index (χ1n) is 20.8. The van der Waals surface area contributed by atoms with Crippen molar-refractivity contribution in [2.75, 3.05) is 0 Å². The highest BCUT2D eigenvalue weighted by atomic mass is 16.3.